The lowest BCUT2D eigenvalue weighted by molar-refractivity contribution is -0.123. The van der Waals surface area contributed by atoms with Crippen LogP contribution in [0.1, 0.15) is 16.7 Å². The smallest absolute Gasteiger partial charge is 0.277 e. The maximum Gasteiger partial charge on any atom is 0.277 e. The van der Waals surface area contributed by atoms with Crippen molar-refractivity contribution in [2.75, 3.05) is 13.7 Å². The number of hydrogen-bond donors (Lipinski definition) is 1. The molecule has 8 heteroatoms. The van der Waals surface area contributed by atoms with Gasteiger partial charge in [0.05, 0.1) is 18.3 Å². The number of benzene rings is 3. The molecule has 0 saturated carbocycles. The molecule has 0 spiro atoms. The van der Waals surface area contributed by atoms with Crippen molar-refractivity contribution >= 4 is 35.3 Å². The molecule has 0 heterocycles. The van der Waals surface area contributed by atoms with Crippen molar-refractivity contribution in [1.82, 2.24) is 5.43 Å². The van der Waals surface area contributed by atoms with Crippen molar-refractivity contribution in [1.29, 1.82) is 0 Å². The Balaban J connectivity index is 1.57. The van der Waals surface area contributed by atoms with Crippen molar-refractivity contribution in [2.24, 2.45) is 5.10 Å². The van der Waals surface area contributed by atoms with E-state index in [9.17, 15) is 4.79 Å². The molecule has 6 nitrogen and oxygen atoms in total. The van der Waals surface area contributed by atoms with Gasteiger partial charge in [-0.3, -0.25) is 4.79 Å². The lowest BCUT2D eigenvalue weighted by Gasteiger charge is -2.13. The number of nitrogens with one attached hydrogen (secondary N) is 1. The van der Waals surface area contributed by atoms with E-state index in [2.05, 4.69) is 10.5 Å². The van der Waals surface area contributed by atoms with Crippen molar-refractivity contribution in [3.05, 3.63) is 87.4 Å². The molecule has 3 rings (SSSR count). The van der Waals surface area contributed by atoms with Crippen LogP contribution in [0.3, 0.4) is 0 Å². The number of methoxy groups -OCH3 is 1. The summed E-state index contributed by atoms with van der Waals surface area (Å²) in [6.45, 7) is 2.20. The van der Waals surface area contributed by atoms with Gasteiger partial charge in [0, 0.05) is 5.02 Å². The van der Waals surface area contributed by atoms with Crippen LogP contribution in [0.2, 0.25) is 10.0 Å². The number of rotatable bonds is 9. The molecular weight excluding hydrogens is 451 g/mol. The van der Waals surface area contributed by atoms with E-state index in [-0.39, 0.29) is 6.61 Å². The van der Waals surface area contributed by atoms with Gasteiger partial charge in [-0.25, -0.2) is 5.43 Å². The largest absolute Gasteiger partial charge is 0.493 e. The van der Waals surface area contributed by atoms with Crippen LogP contribution >= 0.6 is 23.2 Å². The fourth-order valence-electron chi connectivity index (χ4n) is 2.68. The third-order valence-electron chi connectivity index (χ3n) is 4.34. The van der Waals surface area contributed by atoms with Crippen molar-refractivity contribution in [3.8, 4) is 17.2 Å². The second-order valence-electron chi connectivity index (χ2n) is 6.84. The minimum absolute atomic E-state index is 0.186. The predicted molar refractivity (Wildman–Crippen MR) is 126 cm³/mol. The number of carbonyl (C=O) groups is 1. The van der Waals surface area contributed by atoms with Crippen LogP contribution in [0.25, 0.3) is 0 Å². The maximum atomic E-state index is 11.9. The lowest BCUT2D eigenvalue weighted by Crippen LogP contribution is -2.24. The normalized spacial score (nSPS) is 10.8. The van der Waals surface area contributed by atoms with Crippen LogP contribution < -0.4 is 19.6 Å². The number of halogens is 2. The summed E-state index contributed by atoms with van der Waals surface area (Å²) >= 11 is 12.2. The Bertz CT molecular complexity index is 1080. The first-order valence-corrected chi connectivity index (χ1v) is 10.5. The highest BCUT2D eigenvalue weighted by molar-refractivity contribution is 6.32. The number of hydrogen-bond acceptors (Lipinski definition) is 5. The molecule has 0 unspecified atom stereocenters. The van der Waals surface area contributed by atoms with E-state index >= 15 is 0 Å². The van der Waals surface area contributed by atoms with E-state index < -0.39 is 5.91 Å². The zero-order chi connectivity index (χ0) is 22.9. The molecule has 166 valence electrons. The summed E-state index contributed by atoms with van der Waals surface area (Å²) in [6.07, 6.45) is 1.46. The molecule has 0 atom stereocenters. The van der Waals surface area contributed by atoms with Gasteiger partial charge in [0.25, 0.3) is 5.91 Å². The van der Waals surface area contributed by atoms with Crippen LogP contribution in [0.15, 0.2) is 65.8 Å². The Kier molecular flexibility index (Phi) is 8.36. The van der Waals surface area contributed by atoms with Crippen molar-refractivity contribution in [3.63, 3.8) is 0 Å². The molecule has 0 radical (unpaired) electrons. The Labute approximate surface area is 196 Å². The summed E-state index contributed by atoms with van der Waals surface area (Å²) in [5.41, 5.74) is 5.23. The maximum absolute atomic E-state index is 11.9. The zero-order valence-electron chi connectivity index (χ0n) is 17.6. The topological polar surface area (TPSA) is 69.2 Å². The molecule has 0 fully saturated rings. The number of ether oxygens (including phenoxy) is 3. The van der Waals surface area contributed by atoms with Crippen LogP contribution in [-0.4, -0.2) is 25.8 Å². The van der Waals surface area contributed by atoms with Gasteiger partial charge in [-0.2, -0.15) is 5.10 Å². The molecule has 0 aromatic heterocycles. The number of aryl methyl sites for hydroxylation is 1. The van der Waals surface area contributed by atoms with E-state index in [1.165, 1.54) is 18.9 Å². The fraction of sp³-hybridized carbons (Fsp3) is 0.167. The molecule has 1 N–H and O–H groups in total. The third kappa shape index (κ3) is 6.90. The van der Waals surface area contributed by atoms with E-state index in [0.29, 0.717) is 39.5 Å². The number of amides is 1. The standard InChI is InChI=1S/C24H22Cl2N2O4/c1-16-3-5-17(6-4-16)14-32-24-21(26)11-18(12-22(24)30-2)13-27-28-23(29)15-31-20-9-7-19(25)8-10-20/h3-13H,14-15H2,1-2H3,(H,28,29)/b27-13-. The summed E-state index contributed by atoms with van der Waals surface area (Å²) in [5.74, 6) is 1.02. The van der Waals surface area contributed by atoms with Crippen LogP contribution in [0.5, 0.6) is 17.2 Å². The number of nitrogens with zero attached hydrogens (tertiary/aromatic N) is 1. The Hall–Kier alpha value is -3.22. The predicted octanol–water partition coefficient (Wildman–Crippen LogP) is 5.42. The molecule has 0 bridgehead atoms. The minimum Gasteiger partial charge on any atom is -0.493 e. The van der Waals surface area contributed by atoms with Crippen LogP contribution in [0, 0.1) is 6.92 Å². The highest BCUT2D eigenvalue weighted by Crippen LogP contribution is 2.36. The average molecular weight is 473 g/mol. The third-order valence-corrected chi connectivity index (χ3v) is 4.87. The van der Waals surface area contributed by atoms with Gasteiger partial charge in [0.1, 0.15) is 12.4 Å². The van der Waals surface area contributed by atoms with Gasteiger partial charge < -0.3 is 14.2 Å². The average Bonchev–Trinajstić information content (AvgIpc) is 2.79. The Morgan fingerprint density at radius 3 is 2.44 bits per heavy atom. The molecular formula is C24H22Cl2N2O4. The van der Waals surface area contributed by atoms with Crippen molar-refractivity contribution < 1.29 is 19.0 Å². The molecule has 0 aliphatic carbocycles. The molecule has 32 heavy (non-hydrogen) atoms. The van der Waals surface area contributed by atoms with Crippen LogP contribution in [0.4, 0.5) is 0 Å². The first-order chi connectivity index (χ1) is 15.4. The first-order valence-electron chi connectivity index (χ1n) is 9.71. The van der Waals surface area contributed by atoms with E-state index in [4.69, 9.17) is 37.4 Å². The molecule has 0 aliphatic heterocycles. The monoisotopic (exact) mass is 472 g/mol. The minimum atomic E-state index is -0.410. The molecule has 3 aromatic carbocycles. The van der Waals surface area contributed by atoms with E-state index in [1.54, 1.807) is 36.4 Å². The van der Waals surface area contributed by atoms with Gasteiger partial charge in [0.2, 0.25) is 0 Å². The SMILES string of the molecule is COc1cc(/C=N\NC(=O)COc2ccc(Cl)cc2)cc(Cl)c1OCc1ccc(C)cc1. The number of carbonyl (C=O) groups excluding carboxylic acids is 1. The molecule has 1 amide bonds. The summed E-state index contributed by atoms with van der Waals surface area (Å²) in [4.78, 5) is 11.9. The zero-order valence-corrected chi connectivity index (χ0v) is 19.1. The summed E-state index contributed by atoms with van der Waals surface area (Å²) < 4.78 is 16.6. The quantitative estimate of drug-likeness (QED) is 0.333. The number of hydrazone groups is 1. The van der Waals surface area contributed by atoms with Gasteiger partial charge in [-0.15, -0.1) is 0 Å². The summed E-state index contributed by atoms with van der Waals surface area (Å²) in [5, 5.41) is 4.90. The van der Waals surface area contributed by atoms with Gasteiger partial charge in [0.15, 0.2) is 18.1 Å². The fourth-order valence-corrected chi connectivity index (χ4v) is 3.08. The van der Waals surface area contributed by atoms with E-state index in [1.807, 2.05) is 31.2 Å². The Morgan fingerprint density at radius 2 is 1.75 bits per heavy atom. The van der Waals surface area contributed by atoms with E-state index in [0.717, 1.165) is 5.56 Å². The van der Waals surface area contributed by atoms with Gasteiger partial charge in [-0.1, -0.05) is 53.0 Å². The Morgan fingerprint density at radius 1 is 1.03 bits per heavy atom. The van der Waals surface area contributed by atoms with Crippen molar-refractivity contribution in [2.45, 2.75) is 13.5 Å². The van der Waals surface area contributed by atoms with Crippen LogP contribution in [-0.2, 0) is 11.4 Å². The molecule has 0 aliphatic rings. The van der Waals surface area contributed by atoms with Gasteiger partial charge >= 0.3 is 0 Å². The second kappa shape index (κ2) is 11.4. The van der Waals surface area contributed by atoms with Gasteiger partial charge in [-0.05, 0) is 54.4 Å². The summed E-state index contributed by atoms with van der Waals surface area (Å²) in [7, 11) is 1.53. The lowest BCUT2D eigenvalue weighted by atomic mass is 10.1. The highest BCUT2D eigenvalue weighted by Gasteiger charge is 2.12. The molecule has 0 saturated heterocycles. The second-order valence-corrected chi connectivity index (χ2v) is 7.69. The highest BCUT2D eigenvalue weighted by atomic mass is 35.5. The molecule has 3 aromatic rings. The first kappa shape index (κ1) is 23.4. The summed E-state index contributed by atoms with van der Waals surface area (Å²) in [6, 6.07) is 18.1.